The van der Waals surface area contributed by atoms with Gasteiger partial charge in [-0.25, -0.2) is 4.79 Å². The summed E-state index contributed by atoms with van der Waals surface area (Å²) in [5.41, 5.74) is 0.637. The lowest BCUT2D eigenvalue weighted by molar-refractivity contribution is 0.129. The third-order valence-corrected chi connectivity index (χ3v) is 3.25. The fourth-order valence-corrected chi connectivity index (χ4v) is 2.33. The first-order valence-corrected chi connectivity index (χ1v) is 5.74. The summed E-state index contributed by atoms with van der Waals surface area (Å²) >= 11 is 0. The van der Waals surface area contributed by atoms with E-state index in [4.69, 9.17) is 13.9 Å². The summed E-state index contributed by atoms with van der Waals surface area (Å²) in [5, 5.41) is 0.860. The van der Waals surface area contributed by atoms with Gasteiger partial charge >= 0.3 is 5.63 Å². The largest absolute Gasteiger partial charge is 0.479 e. The van der Waals surface area contributed by atoms with Crippen molar-refractivity contribution in [2.45, 2.75) is 19.4 Å². The van der Waals surface area contributed by atoms with Crippen LogP contribution in [0.2, 0.25) is 0 Å². The van der Waals surface area contributed by atoms with Crippen LogP contribution in [0, 0.1) is 0 Å². The molecule has 0 unspecified atom stereocenters. The van der Waals surface area contributed by atoms with Gasteiger partial charge in [-0.15, -0.1) is 0 Å². The van der Waals surface area contributed by atoms with Gasteiger partial charge in [0.15, 0.2) is 17.1 Å². The lowest BCUT2D eigenvalue weighted by Crippen LogP contribution is -2.28. The molecule has 0 amide bonds. The van der Waals surface area contributed by atoms with Crippen LogP contribution in [0.5, 0.6) is 5.75 Å². The van der Waals surface area contributed by atoms with Crippen molar-refractivity contribution in [3.05, 3.63) is 46.0 Å². The minimum atomic E-state index is -0.453. The number of benzene rings is 1. The Hall–Kier alpha value is -2.23. The molecule has 0 fully saturated rings. The van der Waals surface area contributed by atoms with Crippen LogP contribution in [0.25, 0.3) is 16.7 Å². The Morgan fingerprint density at radius 2 is 2.00 bits per heavy atom. The molecule has 1 aromatic carbocycles. The lowest BCUT2D eigenvalue weighted by atomic mass is 10.0. The van der Waals surface area contributed by atoms with Crippen molar-refractivity contribution in [3.8, 4) is 5.75 Å². The summed E-state index contributed by atoms with van der Waals surface area (Å²) in [7, 11) is 0. The highest BCUT2D eigenvalue weighted by atomic mass is 16.6. The molecule has 2 aromatic rings. The maximum Gasteiger partial charge on any atom is 0.336 e. The molecular weight excluding hydrogens is 232 g/mol. The fourth-order valence-electron chi connectivity index (χ4n) is 2.33. The van der Waals surface area contributed by atoms with E-state index < -0.39 is 5.60 Å². The molecular formula is C14H10O4. The van der Waals surface area contributed by atoms with E-state index in [9.17, 15) is 4.79 Å². The molecule has 2 aliphatic rings. The normalized spacial score (nSPS) is 18.8. The van der Waals surface area contributed by atoms with E-state index in [1.807, 2.05) is 19.9 Å². The quantitative estimate of drug-likeness (QED) is 0.666. The highest BCUT2D eigenvalue weighted by Gasteiger charge is 2.47. The molecule has 0 radical (unpaired) electrons. The molecule has 0 bridgehead atoms. The molecule has 2 aliphatic heterocycles. The van der Waals surface area contributed by atoms with Gasteiger partial charge < -0.3 is 13.9 Å². The Labute approximate surface area is 102 Å². The van der Waals surface area contributed by atoms with Crippen LogP contribution in [-0.2, 0) is 4.74 Å². The molecule has 4 nitrogen and oxygen atoms in total. The van der Waals surface area contributed by atoms with Gasteiger partial charge in [-0.1, -0.05) is 0 Å². The number of rotatable bonds is 0. The molecule has 90 valence electrons. The van der Waals surface area contributed by atoms with Crippen molar-refractivity contribution in [1.82, 2.24) is 0 Å². The van der Waals surface area contributed by atoms with Crippen molar-refractivity contribution < 1.29 is 13.9 Å². The molecule has 18 heavy (non-hydrogen) atoms. The first kappa shape index (κ1) is 9.76. The first-order chi connectivity index (χ1) is 8.54. The molecule has 0 saturated carbocycles. The zero-order chi connectivity index (χ0) is 12.5. The van der Waals surface area contributed by atoms with Crippen LogP contribution in [0.4, 0.5) is 0 Å². The summed E-state index contributed by atoms with van der Waals surface area (Å²) in [6.07, 6.45) is 0. The number of hydrogen-bond donors (Lipinski definition) is 0. The molecule has 1 aromatic heterocycles. The van der Waals surface area contributed by atoms with Crippen LogP contribution < -0.4 is 10.4 Å². The Bertz CT molecular complexity index is 780. The monoisotopic (exact) mass is 242 g/mol. The van der Waals surface area contributed by atoms with Crippen LogP contribution in [0.1, 0.15) is 19.4 Å². The highest BCUT2D eigenvalue weighted by molar-refractivity contribution is 5.88. The second-order valence-electron chi connectivity index (χ2n) is 5.01. The van der Waals surface area contributed by atoms with E-state index in [-0.39, 0.29) is 5.63 Å². The molecule has 4 heteroatoms. The van der Waals surface area contributed by atoms with Gasteiger partial charge in [0.2, 0.25) is 0 Å². The lowest BCUT2D eigenvalue weighted by Gasteiger charge is -2.24. The van der Waals surface area contributed by atoms with Gasteiger partial charge in [-0.3, -0.25) is 0 Å². The predicted molar refractivity (Wildman–Crippen MR) is 65.2 cm³/mol. The van der Waals surface area contributed by atoms with E-state index in [1.54, 1.807) is 12.1 Å². The topological polar surface area (TPSA) is 52.0 Å². The number of hydrogen-bond acceptors (Lipinski definition) is 4. The van der Waals surface area contributed by atoms with E-state index >= 15 is 0 Å². The molecule has 0 N–H and O–H groups in total. The van der Waals surface area contributed by atoms with Crippen molar-refractivity contribution in [2.75, 3.05) is 0 Å². The average Bonchev–Trinajstić information content (AvgIpc) is 3.07. The molecule has 4 rings (SSSR count). The summed E-state index contributed by atoms with van der Waals surface area (Å²) in [5.74, 6) is 2.46. The molecule has 0 aliphatic carbocycles. The third kappa shape index (κ3) is 1.17. The second-order valence-corrected chi connectivity index (χ2v) is 5.01. The predicted octanol–water partition coefficient (Wildman–Crippen LogP) is 2.66. The summed E-state index contributed by atoms with van der Waals surface area (Å²) in [6.45, 7) is 3.90. The second kappa shape index (κ2) is 2.77. The van der Waals surface area contributed by atoms with E-state index in [2.05, 4.69) is 0 Å². The Balaban J connectivity index is 2.03. The number of fused-ring (bicyclic) bond motifs is 3. The summed E-state index contributed by atoms with van der Waals surface area (Å²) in [6, 6.07) is 6.82. The highest BCUT2D eigenvalue weighted by Crippen LogP contribution is 2.52. The standard InChI is InChI=1S/C14H10O4/c1-14(2)13-12(17-13)8-5-7-3-4-11(15)16-9(7)6-10(8)18-14/h3-6H,1-2H3. The van der Waals surface area contributed by atoms with Crippen molar-refractivity contribution in [1.29, 1.82) is 0 Å². The number of ether oxygens (including phenoxy) is 2. The van der Waals surface area contributed by atoms with Crippen LogP contribution in [0.3, 0.4) is 0 Å². The van der Waals surface area contributed by atoms with Crippen LogP contribution in [0.15, 0.2) is 39.2 Å². The Morgan fingerprint density at radius 3 is 2.83 bits per heavy atom. The molecule has 0 saturated heterocycles. The zero-order valence-corrected chi connectivity index (χ0v) is 9.94. The zero-order valence-electron chi connectivity index (χ0n) is 9.94. The van der Waals surface area contributed by atoms with E-state index in [0.717, 1.165) is 22.5 Å². The van der Waals surface area contributed by atoms with Crippen LogP contribution >= 0.6 is 0 Å². The third-order valence-electron chi connectivity index (χ3n) is 3.25. The maximum absolute atomic E-state index is 11.2. The van der Waals surface area contributed by atoms with Gasteiger partial charge in [0.1, 0.15) is 11.3 Å². The minimum absolute atomic E-state index is 0.361. The fraction of sp³-hybridized carbons (Fsp3) is 0.214. The van der Waals surface area contributed by atoms with E-state index in [1.165, 1.54) is 6.07 Å². The van der Waals surface area contributed by atoms with Crippen LogP contribution in [-0.4, -0.2) is 5.60 Å². The van der Waals surface area contributed by atoms with Crippen molar-refractivity contribution in [2.24, 2.45) is 0 Å². The molecule has 3 heterocycles. The SMILES string of the molecule is CC1(C)Oc2cc3oc(=O)ccc3cc2C2=C1O2. The summed E-state index contributed by atoms with van der Waals surface area (Å²) in [4.78, 5) is 11.2. The average molecular weight is 242 g/mol. The van der Waals surface area contributed by atoms with Crippen molar-refractivity contribution in [3.63, 3.8) is 0 Å². The van der Waals surface area contributed by atoms with Gasteiger partial charge in [0.05, 0.1) is 5.56 Å². The summed E-state index contributed by atoms with van der Waals surface area (Å²) < 4.78 is 16.5. The molecule has 0 atom stereocenters. The maximum atomic E-state index is 11.2. The Morgan fingerprint density at radius 1 is 1.17 bits per heavy atom. The van der Waals surface area contributed by atoms with Crippen molar-refractivity contribution >= 4 is 16.7 Å². The van der Waals surface area contributed by atoms with E-state index in [0.29, 0.717) is 11.3 Å². The van der Waals surface area contributed by atoms with Gasteiger partial charge in [0.25, 0.3) is 0 Å². The Kier molecular flexibility index (Phi) is 1.51. The smallest absolute Gasteiger partial charge is 0.336 e. The van der Waals surface area contributed by atoms with Gasteiger partial charge in [-0.05, 0) is 26.0 Å². The first-order valence-electron chi connectivity index (χ1n) is 5.74. The van der Waals surface area contributed by atoms with Gasteiger partial charge in [-0.2, -0.15) is 0 Å². The molecule has 0 spiro atoms. The minimum Gasteiger partial charge on any atom is -0.479 e. The van der Waals surface area contributed by atoms with Gasteiger partial charge in [0, 0.05) is 17.5 Å².